The van der Waals surface area contributed by atoms with E-state index in [0.717, 1.165) is 0 Å². The van der Waals surface area contributed by atoms with E-state index in [4.69, 9.17) is 4.74 Å². The van der Waals surface area contributed by atoms with Gasteiger partial charge in [-0.1, -0.05) is 0 Å². The first-order chi connectivity index (χ1) is 14.3. The zero-order valence-electron chi connectivity index (χ0n) is 16.2. The van der Waals surface area contributed by atoms with Crippen molar-refractivity contribution in [3.63, 3.8) is 0 Å². The highest BCUT2D eigenvalue weighted by Gasteiger charge is 2.29. The molecule has 3 aromatic rings. The number of hydrogen-bond acceptors (Lipinski definition) is 6. The third-order valence-corrected chi connectivity index (χ3v) is 5.11. The Hall–Kier alpha value is -4.01. The van der Waals surface area contributed by atoms with Crippen molar-refractivity contribution in [2.75, 3.05) is 11.9 Å². The normalized spacial score (nSPS) is 15.6. The van der Waals surface area contributed by atoms with Crippen LogP contribution in [0.2, 0.25) is 0 Å². The zero-order valence-corrected chi connectivity index (χ0v) is 16.2. The van der Waals surface area contributed by atoms with Crippen LogP contribution >= 0.6 is 0 Å². The lowest BCUT2D eigenvalue weighted by Gasteiger charge is -2.30. The van der Waals surface area contributed by atoms with Gasteiger partial charge in [0.1, 0.15) is 5.75 Å². The minimum atomic E-state index is -0.609. The molecule has 2 heterocycles. The standard InChI is InChI=1S/C21H17N3O6/c1-12-21(27)22(2)17-10-14(3-7-19(17)30-12)18(25)11-23-16-6-5-15(24(28)29)9-13(16)4-8-20(23)26/h3-10,12H,11H2,1-2H3. The predicted octanol–water partition coefficient (Wildman–Crippen LogP) is 2.54. The van der Waals surface area contributed by atoms with Crippen molar-refractivity contribution in [2.24, 2.45) is 0 Å². The number of ketones is 1. The number of rotatable bonds is 4. The number of carbonyl (C=O) groups excluding carboxylic acids is 2. The van der Waals surface area contributed by atoms with E-state index in [1.54, 1.807) is 32.2 Å². The molecule has 0 bridgehead atoms. The third-order valence-electron chi connectivity index (χ3n) is 5.11. The third kappa shape index (κ3) is 3.20. The number of benzene rings is 2. The molecule has 0 spiro atoms. The van der Waals surface area contributed by atoms with Crippen molar-refractivity contribution in [2.45, 2.75) is 19.6 Å². The van der Waals surface area contributed by atoms with Gasteiger partial charge in [0.25, 0.3) is 17.2 Å². The second-order valence-electron chi connectivity index (χ2n) is 7.02. The zero-order chi connectivity index (χ0) is 21.6. The summed E-state index contributed by atoms with van der Waals surface area (Å²) in [7, 11) is 1.61. The minimum Gasteiger partial charge on any atom is -0.479 e. The van der Waals surface area contributed by atoms with Crippen LogP contribution in [0.4, 0.5) is 11.4 Å². The lowest BCUT2D eigenvalue weighted by atomic mass is 10.1. The summed E-state index contributed by atoms with van der Waals surface area (Å²) >= 11 is 0. The topological polar surface area (TPSA) is 112 Å². The van der Waals surface area contributed by atoms with E-state index in [1.165, 1.54) is 39.8 Å². The summed E-state index contributed by atoms with van der Waals surface area (Å²) in [5, 5.41) is 11.5. The Morgan fingerprint density at radius 2 is 1.90 bits per heavy atom. The Bertz CT molecular complexity index is 1280. The van der Waals surface area contributed by atoms with Crippen molar-refractivity contribution in [1.29, 1.82) is 0 Å². The molecule has 1 aliphatic heterocycles. The van der Waals surface area contributed by atoms with E-state index in [9.17, 15) is 24.5 Å². The number of likely N-dealkylation sites (N-methyl/N-ethyl adjacent to an activating group) is 1. The largest absolute Gasteiger partial charge is 0.479 e. The van der Waals surface area contributed by atoms with Crippen LogP contribution in [0.1, 0.15) is 17.3 Å². The van der Waals surface area contributed by atoms with E-state index in [0.29, 0.717) is 27.9 Å². The van der Waals surface area contributed by atoms with Gasteiger partial charge in [-0.05, 0) is 37.3 Å². The molecule has 0 fully saturated rings. The molecular weight excluding hydrogens is 390 g/mol. The number of ether oxygens (including phenoxy) is 1. The highest BCUT2D eigenvalue weighted by molar-refractivity contribution is 6.03. The number of fused-ring (bicyclic) bond motifs is 2. The van der Waals surface area contributed by atoms with Gasteiger partial charge in [0.2, 0.25) is 0 Å². The number of non-ortho nitro benzene ring substituents is 1. The first-order valence-corrected chi connectivity index (χ1v) is 9.16. The van der Waals surface area contributed by atoms with Crippen molar-refractivity contribution < 1.29 is 19.2 Å². The van der Waals surface area contributed by atoms with Crippen LogP contribution in [-0.2, 0) is 11.3 Å². The molecule has 0 aliphatic carbocycles. The molecule has 1 amide bonds. The molecule has 0 N–H and O–H groups in total. The predicted molar refractivity (Wildman–Crippen MR) is 109 cm³/mol. The van der Waals surface area contributed by atoms with Crippen molar-refractivity contribution in [3.8, 4) is 5.75 Å². The molecule has 1 unspecified atom stereocenters. The molecule has 0 radical (unpaired) electrons. The van der Waals surface area contributed by atoms with Gasteiger partial charge in [0.15, 0.2) is 11.9 Å². The van der Waals surface area contributed by atoms with Crippen LogP contribution in [0.15, 0.2) is 53.3 Å². The smallest absolute Gasteiger partial charge is 0.270 e. The summed E-state index contributed by atoms with van der Waals surface area (Å²) < 4.78 is 6.83. The van der Waals surface area contributed by atoms with Crippen LogP contribution in [-0.4, -0.2) is 34.3 Å². The molecule has 9 heteroatoms. The van der Waals surface area contributed by atoms with Gasteiger partial charge >= 0.3 is 0 Å². The van der Waals surface area contributed by atoms with E-state index in [-0.39, 0.29) is 23.9 Å². The molecule has 2 aromatic carbocycles. The molecule has 1 aromatic heterocycles. The van der Waals surface area contributed by atoms with Gasteiger partial charge in [-0.3, -0.25) is 24.5 Å². The fraction of sp³-hybridized carbons (Fsp3) is 0.190. The second-order valence-corrected chi connectivity index (χ2v) is 7.02. The van der Waals surface area contributed by atoms with Crippen LogP contribution in [0.5, 0.6) is 5.75 Å². The maximum Gasteiger partial charge on any atom is 0.270 e. The molecular formula is C21H17N3O6. The Balaban J connectivity index is 1.70. The van der Waals surface area contributed by atoms with Crippen molar-refractivity contribution >= 4 is 34.0 Å². The molecule has 0 saturated heterocycles. The highest BCUT2D eigenvalue weighted by Crippen LogP contribution is 2.34. The number of nitrogens with zero attached hydrogens (tertiary/aromatic N) is 3. The molecule has 1 aliphatic rings. The monoisotopic (exact) mass is 407 g/mol. The summed E-state index contributed by atoms with van der Waals surface area (Å²) in [4.78, 5) is 49.4. The Morgan fingerprint density at radius 1 is 1.13 bits per heavy atom. The summed E-state index contributed by atoms with van der Waals surface area (Å²) in [6.45, 7) is 1.40. The number of Topliss-reactive ketones (excluding diaryl/α,β-unsaturated/α-hetero) is 1. The summed E-state index contributed by atoms with van der Waals surface area (Å²) in [6, 6.07) is 11.6. The van der Waals surface area contributed by atoms with Crippen molar-refractivity contribution in [3.05, 3.63) is 74.6 Å². The molecule has 152 valence electrons. The number of hydrogen-bond donors (Lipinski definition) is 0. The highest BCUT2D eigenvalue weighted by atomic mass is 16.6. The fourth-order valence-electron chi connectivity index (χ4n) is 3.49. The summed E-state index contributed by atoms with van der Waals surface area (Å²) in [6.07, 6.45) is -0.609. The molecule has 0 saturated carbocycles. The number of aromatic nitrogens is 1. The van der Waals surface area contributed by atoms with E-state index in [1.807, 2.05) is 0 Å². The first kappa shape index (κ1) is 19.3. The number of anilines is 1. The van der Waals surface area contributed by atoms with E-state index in [2.05, 4.69) is 0 Å². The van der Waals surface area contributed by atoms with Crippen LogP contribution in [0, 0.1) is 10.1 Å². The number of amides is 1. The fourth-order valence-corrected chi connectivity index (χ4v) is 3.49. The average molecular weight is 407 g/mol. The second kappa shape index (κ2) is 7.11. The van der Waals surface area contributed by atoms with Gasteiger partial charge < -0.3 is 14.2 Å². The van der Waals surface area contributed by atoms with Crippen molar-refractivity contribution in [1.82, 2.24) is 4.57 Å². The SMILES string of the molecule is CC1Oc2ccc(C(=O)Cn3c(=O)ccc4cc([N+](=O)[O-])ccc43)cc2N(C)C1=O. The Labute approximate surface area is 170 Å². The van der Waals surface area contributed by atoms with E-state index < -0.39 is 16.6 Å². The van der Waals surface area contributed by atoms with Gasteiger partial charge in [-0.15, -0.1) is 0 Å². The number of pyridine rings is 1. The van der Waals surface area contributed by atoms with Crippen LogP contribution in [0.25, 0.3) is 10.9 Å². The van der Waals surface area contributed by atoms with E-state index >= 15 is 0 Å². The first-order valence-electron chi connectivity index (χ1n) is 9.16. The molecule has 4 rings (SSSR count). The number of carbonyl (C=O) groups is 2. The lowest BCUT2D eigenvalue weighted by molar-refractivity contribution is -0.384. The Kier molecular flexibility index (Phi) is 4.57. The van der Waals surface area contributed by atoms with Gasteiger partial charge in [-0.2, -0.15) is 0 Å². The maximum atomic E-state index is 12.9. The molecule has 9 nitrogen and oxygen atoms in total. The van der Waals surface area contributed by atoms with Crippen LogP contribution < -0.4 is 15.2 Å². The lowest BCUT2D eigenvalue weighted by Crippen LogP contribution is -2.42. The summed E-state index contributed by atoms with van der Waals surface area (Å²) in [5.41, 5.74) is 0.717. The average Bonchev–Trinajstić information content (AvgIpc) is 2.73. The van der Waals surface area contributed by atoms with Gasteiger partial charge in [0, 0.05) is 36.2 Å². The maximum absolute atomic E-state index is 12.9. The van der Waals surface area contributed by atoms with Crippen LogP contribution in [0.3, 0.4) is 0 Å². The summed E-state index contributed by atoms with van der Waals surface area (Å²) in [5.74, 6) is -0.0695. The van der Waals surface area contributed by atoms with Gasteiger partial charge in [0.05, 0.1) is 22.7 Å². The molecule has 1 atom stereocenters. The minimum absolute atomic E-state index is 0.101. The number of nitro groups is 1. The Morgan fingerprint density at radius 3 is 2.63 bits per heavy atom. The van der Waals surface area contributed by atoms with Gasteiger partial charge in [-0.25, -0.2) is 0 Å². The molecule has 30 heavy (non-hydrogen) atoms. The number of nitro benzene ring substituents is 1. The quantitative estimate of drug-likeness (QED) is 0.373.